The number of rotatable bonds is 6. The molecule has 0 radical (unpaired) electrons. The fourth-order valence-corrected chi connectivity index (χ4v) is 6.08. The Hall–Kier alpha value is -2.38. The molecule has 5 N–H and O–H groups in total. The largest absolute Gasteiger partial charge is 0.399 e. The van der Waals surface area contributed by atoms with E-state index in [4.69, 9.17) is 16.5 Å². The fraction of sp³-hybridized carbons (Fsp3) is 0.520. The van der Waals surface area contributed by atoms with Gasteiger partial charge < -0.3 is 16.8 Å². The second kappa shape index (κ2) is 9.63. The number of anilines is 1. The lowest BCUT2D eigenvalue weighted by atomic mass is 9.79. The van der Waals surface area contributed by atoms with Crippen molar-refractivity contribution in [2.24, 2.45) is 16.6 Å². The second-order valence-corrected chi connectivity index (χ2v) is 10.2. The minimum Gasteiger partial charge on any atom is -0.399 e. The van der Waals surface area contributed by atoms with Crippen LogP contribution in [0.1, 0.15) is 56.7 Å². The molecule has 0 saturated heterocycles. The number of nitrogen functional groups attached to an aromatic ring is 1. The Balaban J connectivity index is 1.56. The molecule has 1 aromatic heterocycles. The number of nitrogens with one attached hydrogen (secondary N) is 1. The van der Waals surface area contributed by atoms with E-state index in [1.54, 1.807) is 18.4 Å². The van der Waals surface area contributed by atoms with Crippen LogP contribution in [0.4, 0.5) is 5.69 Å². The molecule has 1 aliphatic heterocycles. The van der Waals surface area contributed by atoms with Crippen molar-refractivity contribution in [3.8, 4) is 11.1 Å². The van der Waals surface area contributed by atoms with E-state index < -0.39 is 5.54 Å². The van der Waals surface area contributed by atoms with Gasteiger partial charge in [0.2, 0.25) is 5.91 Å². The first-order valence-electron chi connectivity index (χ1n) is 11.7. The molecule has 2 atom stereocenters. The van der Waals surface area contributed by atoms with E-state index in [1.165, 1.54) is 43.4 Å². The predicted molar refractivity (Wildman–Crippen MR) is 134 cm³/mol. The molecule has 7 heteroatoms. The predicted octanol–water partition coefficient (Wildman–Crippen LogP) is 4.32. The molecule has 1 fully saturated rings. The third-order valence-corrected chi connectivity index (χ3v) is 8.19. The summed E-state index contributed by atoms with van der Waals surface area (Å²) in [5.74, 6) is 0.0661. The highest BCUT2D eigenvalue weighted by Gasteiger charge is 2.46. The molecule has 32 heavy (non-hydrogen) atoms. The van der Waals surface area contributed by atoms with Crippen LogP contribution in [0.15, 0.2) is 40.7 Å². The van der Waals surface area contributed by atoms with Gasteiger partial charge in [0, 0.05) is 23.7 Å². The van der Waals surface area contributed by atoms with Crippen molar-refractivity contribution in [3.63, 3.8) is 0 Å². The smallest absolute Gasteiger partial charge is 0.235 e. The molecule has 1 amide bonds. The molecule has 2 aromatic rings. The van der Waals surface area contributed by atoms with Crippen LogP contribution in [-0.4, -0.2) is 36.4 Å². The number of aliphatic imine (C=N–C) groups is 1. The molecule has 0 unspecified atom stereocenters. The molecule has 1 saturated carbocycles. The first-order chi connectivity index (χ1) is 15.4. The number of hydrogen-bond donors (Lipinski definition) is 3. The van der Waals surface area contributed by atoms with Crippen molar-refractivity contribution >= 4 is 28.9 Å². The molecule has 0 spiro atoms. The van der Waals surface area contributed by atoms with Crippen molar-refractivity contribution in [1.29, 1.82) is 0 Å². The lowest BCUT2D eigenvalue weighted by Gasteiger charge is -2.40. The minimum atomic E-state index is -0.679. The van der Waals surface area contributed by atoms with E-state index in [2.05, 4.69) is 29.8 Å². The summed E-state index contributed by atoms with van der Waals surface area (Å²) >= 11 is 1.63. The summed E-state index contributed by atoms with van der Waals surface area (Å²) in [6, 6.07) is 10.6. The van der Waals surface area contributed by atoms with Gasteiger partial charge in [-0.15, -0.1) is 11.3 Å². The van der Waals surface area contributed by atoms with Gasteiger partial charge in [-0.2, -0.15) is 0 Å². The van der Waals surface area contributed by atoms with Crippen LogP contribution in [0.2, 0.25) is 0 Å². The molecule has 2 heterocycles. The van der Waals surface area contributed by atoms with E-state index in [9.17, 15) is 4.79 Å². The normalized spacial score (nSPS) is 24.9. The van der Waals surface area contributed by atoms with Crippen LogP contribution in [0.5, 0.6) is 0 Å². The van der Waals surface area contributed by atoms with Gasteiger partial charge in [0.05, 0.1) is 5.92 Å². The number of amides is 1. The molecule has 4 rings (SSSR count). The van der Waals surface area contributed by atoms with Crippen LogP contribution >= 0.6 is 11.3 Å². The Kier molecular flexibility index (Phi) is 6.86. The molecule has 1 aliphatic carbocycles. The zero-order chi connectivity index (χ0) is 22.7. The Morgan fingerprint density at radius 2 is 1.91 bits per heavy atom. The van der Waals surface area contributed by atoms with Crippen LogP contribution in [0.3, 0.4) is 0 Å². The van der Waals surface area contributed by atoms with E-state index in [0.717, 1.165) is 34.7 Å². The SMILES string of the molecule is CN1C(=O)[C@H](CCNC2CCCCCC2)[C@@](C)(c2cc(-c3cccc(N)c3)cs2)N=C1N. The number of guanidine groups is 1. The maximum atomic E-state index is 13.3. The highest BCUT2D eigenvalue weighted by Crippen LogP contribution is 2.43. The summed E-state index contributed by atoms with van der Waals surface area (Å²) in [6.45, 7) is 2.86. The lowest BCUT2D eigenvalue weighted by Crippen LogP contribution is -2.54. The van der Waals surface area contributed by atoms with Gasteiger partial charge in [-0.3, -0.25) is 9.69 Å². The van der Waals surface area contributed by atoms with Crippen LogP contribution < -0.4 is 16.8 Å². The summed E-state index contributed by atoms with van der Waals surface area (Å²) in [6.07, 6.45) is 8.46. The second-order valence-electron chi connectivity index (χ2n) is 9.32. The zero-order valence-electron chi connectivity index (χ0n) is 19.1. The molecule has 6 nitrogen and oxygen atoms in total. The van der Waals surface area contributed by atoms with Gasteiger partial charge in [0.15, 0.2) is 5.96 Å². The number of nitrogens with two attached hydrogens (primary N) is 2. The first-order valence-corrected chi connectivity index (χ1v) is 12.6. The van der Waals surface area contributed by atoms with Gasteiger partial charge in [-0.1, -0.05) is 37.8 Å². The maximum Gasteiger partial charge on any atom is 0.235 e. The minimum absolute atomic E-state index is 0.0431. The van der Waals surface area contributed by atoms with Crippen LogP contribution in [0, 0.1) is 5.92 Å². The zero-order valence-corrected chi connectivity index (χ0v) is 20.0. The van der Waals surface area contributed by atoms with Crippen LogP contribution in [-0.2, 0) is 10.3 Å². The van der Waals surface area contributed by atoms with Crippen molar-refractivity contribution in [2.75, 3.05) is 19.3 Å². The fourth-order valence-electron chi connectivity index (χ4n) is 5.00. The number of hydrogen-bond acceptors (Lipinski definition) is 6. The van der Waals surface area contributed by atoms with E-state index in [0.29, 0.717) is 6.04 Å². The number of nitrogens with zero attached hydrogens (tertiary/aromatic N) is 2. The van der Waals surface area contributed by atoms with Crippen molar-refractivity contribution in [3.05, 3.63) is 40.6 Å². The van der Waals surface area contributed by atoms with Gasteiger partial charge >= 0.3 is 0 Å². The van der Waals surface area contributed by atoms with Crippen molar-refractivity contribution < 1.29 is 4.79 Å². The summed E-state index contributed by atoms with van der Waals surface area (Å²) in [5.41, 5.74) is 14.4. The molecular weight excluding hydrogens is 418 g/mol. The number of carbonyl (C=O) groups is 1. The van der Waals surface area contributed by atoms with Crippen molar-refractivity contribution in [2.45, 2.75) is 63.5 Å². The van der Waals surface area contributed by atoms with Gasteiger partial charge in [0.25, 0.3) is 0 Å². The summed E-state index contributed by atoms with van der Waals surface area (Å²) in [4.78, 5) is 20.7. The standard InChI is InChI=1S/C25H35N5OS/c1-25(22-15-18(16-32-22)17-8-7-9-19(26)14-17)21(23(31)30(2)24(27)29-25)12-13-28-20-10-5-3-4-6-11-20/h7-9,14-16,20-21,28H,3-6,10-13,26H2,1-2H3,(H2,27,29)/t21-,25-/m0/s1. The maximum absolute atomic E-state index is 13.3. The Labute approximate surface area is 195 Å². The third kappa shape index (κ3) is 4.69. The lowest BCUT2D eigenvalue weighted by molar-refractivity contribution is -0.134. The van der Waals surface area contributed by atoms with E-state index >= 15 is 0 Å². The van der Waals surface area contributed by atoms with Gasteiger partial charge in [0.1, 0.15) is 5.54 Å². The molecular formula is C25H35N5OS. The van der Waals surface area contributed by atoms with E-state index in [-0.39, 0.29) is 17.8 Å². The number of thiophene rings is 1. The quantitative estimate of drug-likeness (QED) is 0.448. The molecule has 0 bridgehead atoms. The summed E-state index contributed by atoms with van der Waals surface area (Å²) in [5, 5.41) is 5.84. The summed E-state index contributed by atoms with van der Waals surface area (Å²) in [7, 11) is 1.72. The number of carbonyl (C=O) groups excluding carboxylic acids is 1. The van der Waals surface area contributed by atoms with Crippen molar-refractivity contribution in [1.82, 2.24) is 10.2 Å². The number of benzene rings is 1. The Bertz CT molecular complexity index is 978. The molecule has 172 valence electrons. The van der Waals surface area contributed by atoms with Gasteiger partial charge in [-0.25, -0.2) is 4.99 Å². The highest BCUT2D eigenvalue weighted by molar-refractivity contribution is 7.10. The molecule has 2 aliphatic rings. The highest BCUT2D eigenvalue weighted by atomic mass is 32.1. The monoisotopic (exact) mass is 453 g/mol. The third-order valence-electron chi connectivity index (χ3n) is 7.04. The Morgan fingerprint density at radius 3 is 2.62 bits per heavy atom. The van der Waals surface area contributed by atoms with Crippen LogP contribution in [0.25, 0.3) is 11.1 Å². The average molecular weight is 454 g/mol. The first kappa shape index (κ1) is 22.8. The average Bonchev–Trinajstić information content (AvgIpc) is 3.14. The summed E-state index contributed by atoms with van der Waals surface area (Å²) < 4.78 is 0. The van der Waals surface area contributed by atoms with Gasteiger partial charge in [-0.05, 0) is 67.4 Å². The van der Waals surface area contributed by atoms with E-state index in [1.807, 2.05) is 18.2 Å². The topological polar surface area (TPSA) is 96.7 Å². The molecule has 1 aromatic carbocycles. The Morgan fingerprint density at radius 1 is 1.16 bits per heavy atom.